The predicted molar refractivity (Wildman–Crippen MR) is 321 cm³/mol. The normalized spacial score (nSPS) is 39.1. The minimum atomic E-state index is -3.48. The van der Waals surface area contributed by atoms with Crippen LogP contribution < -0.4 is 0 Å². The molecule has 0 aromatic heterocycles. The van der Waals surface area contributed by atoms with E-state index in [4.69, 9.17) is 61.7 Å². The maximum atomic E-state index is 7.39. The summed E-state index contributed by atoms with van der Waals surface area (Å²) in [4.78, 5) is 0. The Morgan fingerprint density at radius 2 is 0.971 bits per heavy atom. The summed E-state index contributed by atoms with van der Waals surface area (Å²) < 4.78 is 317. The second kappa shape index (κ2) is 45.6. The topological polar surface area (TPSA) is 0 Å². The van der Waals surface area contributed by atoms with Crippen molar-refractivity contribution in [3.63, 3.8) is 0 Å². The van der Waals surface area contributed by atoms with Crippen LogP contribution in [-0.2, 0) is 0 Å². The highest BCUT2D eigenvalue weighted by atomic mass is 14.5. The molecule has 8 fully saturated rings. The van der Waals surface area contributed by atoms with Gasteiger partial charge in [-0.3, -0.25) is 0 Å². The summed E-state index contributed by atoms with van der Waals surface area (Å²) in [6.07, 6.45) is 24.5. The Kier molecular flexibility index (Phi) is 17.2. The van der Waals surface area contributed by atoms with E-state index in [2.05, 4.69) is 48.5 Å². The van der Waals surface area contributed by atoms with Crippen molar-refractivity contribution < 1.29 is 61.7 Å². The van der Waals surface area contributed by atoms with Crippen LogP contribution in [0.2, 0.25) is 0 Å². The molecule has 0 spiro atoms. The molecular formula is C68H144. The summed E-state index contributed by atoms with van der Waals surface area (Å²) in [6, 6.07) is 0. The Bertz CT molecular complexity index is 2340. The fraction of sp³-hybridized carbons (Fsp3) is 1.00. The van der Waals surface area contributed by atoms with E-state index in [1.165, 1.54) is 84.5 Å². The van der Waals surface area contributed by atoms with Gasteiger partial charge in [-0.05, 0) is 145 Å². The largest absolute Gasteiger partial charge is 0.0656 e. The van der Waals surface area contributed by atoms with Crippen molar-refractivity contribution in [3.05, 3.63) is 0 Å². The molecule has 8 saturated carbocycles. The third-order valence-electron chi connectivity index (χ3n) is 14.1. The standard InChI is InChI=1S/C11H18.C8H14.C7H14.C6H12.3C6H14.3C5H12.C3H8/c1-7-10-3-8-2-9(5-10)6-11(7)4-8;1-6-4-7-2-3-8(6)5-7;1-7-5-3-2-4-6-7;1-6-4-2-3-5-6;2*1-5-6(2,3)4;1-4-5-6(2)3;3*1-4-5(2)3;1-3-2/h7-11H,2-6H2,1H3;6-8H,2-5H2,1H3;7H,2-6H2,1H3;6H,2-5H2,1H3;2*5H2,1-4H3;6H,4-5H2,1-3H3;3*5H,4H2,1-3H3;3H2,1-2H3/i;;;;2D3,3D3,4D3,5D2;2D3,3D3,4D3;;2D3,3D3,4D2,5D;2D3,3D3,5D;2D3,3D3;1D3. The minimum absolute atomic E-state index is 0.160. The molecular weight excluding hydrogens is 817 g/mol. The summed E-state index contributed by atoms with van der Waals surface area (Å²) in [5.41, 5.74) is -6.06. The van der Waals surface area contributed by atoms with Crippen LogP contribution in [0.25, 0.3) is 0 Å². The molecule has 0 nitrogen and oxygen atoms in total. The van der Waals surface area contributed by atoms with Crippen molar-refractivity contribution in [3.8, 4) is 0 Å². The summed E-state index contributed by atoms with van der Waals surface area (Å²) in [5.74, 6) is 5.42. The number of hydrogen-bond donors (Lipinski definition) is 0. The molecule has 0 aromatic rings. The molecule has 416 valence electrons. The highest BCUT2D eigenvalue weighted by Gasteiger charge is 2.46. The van der Waals surface area contributed by atoms with E-state index in [-0.39, 0.29) is 19.3 Å². The predicted octanol–water partition coefficient (Wildman–Crippen LogP) is 25.2. The molecule has 3 unspecified atom stereocenters. The minimum Gasteiger partial charge on any atom is -0.0656 e. The van der Waals surface area contributed by atoms with E-state index in [9.17, 15) is 0 Å². The molecule has 8 aliphatic carbocycles. The highest BCUT2D eigenvalue weighted by molar-refractivity contribution is 4.96. The van der Waals surface area contributed by atoms with Crippen molar-refractivity contribution in [1.82, 2.24) is 0 Å². The first kappa shape index (κ1) is 25.7. The van der Waals surface area contributed by atoms with Crippen LogP contribution >= 0.6 is 0 Å². The summed E-state index contributed by atoms with van der Waals surface area (Å²) >= 11 is 0. The van der Waals surface area contributed by atoms with Crippen LogP contribution in [0.4, 0.5) is 0 Å². The third kappa shape index (κ3) is 49.6. The molecule has 3 atom stereocenters. The summed E-state index contributed by atoms with van der Waals surface area (Å²) in [6.45, 7) is -14.2. The van der Waals surface area contributed by atoms with E-state index in [0.29, 0.717) is 6.92 Å². The van der Waals surface area contributed by atoms with Gasteiger partial charge in [-0.15, -0.1) is 0 Å². The Labute approximate surface area is 501 Å². The second-order valence-corrected chi connectivity index (χ2v) is 21.3. The fourth-order valence-electron chi connectivity index (χ4n) is 9.77. The van der Waals surface area contributed by atoms with E-state index in [0.717, 1.165) is 72.0 Å². The zero-order chi connectivity index (χ0) is 91.4. The zero-order valence-electron chi connectivity index (χ0n) is 91.4. The summed E-state index contributed by atoms with van der Waals surface area (Å²) in [5, 5.41) is 0. The van der Waals surface area contributed by atoms with Crippen molar-refractivity contribution in [1.29, 1.82) is 0 Å². The van der Waals surface area contributed by atoms with Gasteiger partial charge in [0.05, 0.1) is 0 Å². The first-order valence-corrected chi connectivity index (χ1v) is 27.1. The van der Waals surface area contributed by atoms with Gasteiger partial charge in [-0.25, -0.2) is 0 Å². The maximum absolute atomic E-state index is 7.39. The highest BCUT2D eigenvalue weighted by Crippen LogP contribution is 2.56. The molecule has 8 rings (SSSR count). The molecule has 0 aliphatic heterocycles. The molecule has 0 heterocycles. The van der Waals surface area contributed by atoms with Crippen molar-refractivity contribution >= 4 is 0 Å². The lowest BCUT2D eigenvalue weighted by Gasteiger charge is -2.53. The fourth-order valence-corrected chi connectivity index (χ4v) is 9.77. The smallest absolute Gasteiger partial charge is 0.0297 e. The van der Waals surface area contributed by atoms with E-state index < -0.39 is 137 Å². The van der Waals surface area contributed by atoms with Crippen LogP contribution in [0.5, 0.6) is 0 Å². The van der Waals surface area contributed by atoms with Crippen molar-refractivity contribution in [2.75, 3.05) is 0 Å². The number of rotatable bonds is 5. The Morgan fingerprint density at radius 1 is 0.500 bits per heavy atom. The molecule has 8 aliphatic rings. The maximum Gasteiger partial charge on any atom is 0.0297 e. The molecule has 0 aromatic carbocycles. The van der Waals surface area contributed by atoms with Gasteiger partial charge in [0.2, 0.25) is 0 Å². The lowest BCUT2D eigenvalue weighted by Crippen LogP contribution is -2.43. The lowest BCUT2D eigenvalue weighted by atomic mass is 9.52. The molecule has 0 radical (unpaired) electrons. The average Bonchev–Trinajstić information content (AvgIpc) is 1.37. The van der Waals surface area contributed by atoms with Gasteiger partial charge < -0.3 is 0 Å². The monoisotopic (exact) mass is 1010 g/mol. The zero-order valence-corrected chi connectivity index (χ0v) is 46.4. The van der Waals surface area contributed by atoms with Crippen molar-refractivity contribution in [2.24, 2.45) is 93.6 Å². The number of fused-ring (bicyclic) bond motifs is 2. The van der Waals surface area contributed by atoms with Gasteiger partial charge in [0.15, 0.2) is 0 Å². The van der Waals surface area contributed by atoms with E-state index >= 15 is 0 Å². The Hall–Kier alpha value is 0. The molecule has 0 N–H and O–H groups in total. The van der Waals surface area contributed by atoms with Crippen LogP contribution in [0.1, 0.15) is 408 Å². The SMILES string of the molecule is CC1C2CC3CC(C2)CC1C3.CC1CC2CCC1C2.CC1CCCC1.CC1CCCCC1.CCCC(C)C.[2H]C([2H])([2H])C(C([2H])([2H])[2H])(C([2H])([2H])[2H])C([2H])([2H])C.[2H]C([2H])([2H])C(CC)(C([2H])([2H])[2H])C([2H])([2H])[2H].[2H]C([2H])([2H])C(CC)C([2H])([2H])[2H].[2H]C([2H])([2H])C([2H])(C([2H])([2H])[2H])C([2H])([2H])C.[2H]C([2H])([2H])C([2H])(CC)C([2H])([2H])[2H].[2H]C([2H])([2H])CC. The van der Waals surface area contributed by atoms with Crippen LogP contribution in [0, 0.1) is 93.6 Å². The number of hydrogen-bond acceptors (Lipinski definition) is 0. The van der Waals surface area contributed by atoms with Gasteiger partial charge in [0, 0.05) is 61.7 Å². The van der Waals surface area contributed by atoms with Gasteiger partial charge in [-0.1, -0.05) is 295 Å². The van der Waals surface area contributed by atoms with E-state index in [1.807, 2.05) is 0 Å². The second-order valence-electron chi connectivity index (χ2n) is 21.3. The van der Waals surface area contributed by atoms with Crippen LogP contribution in [0.15, 0.2) is 0 Å². The first-order chi connectivity index (χ1) is 49.6. The lowest BCUT2D eigenvalue weighted by molar-refractivity contribution is -0.0282. The quantitative estimate of drug-likeness (QED) is 0.257. The molecule has 0 heteroatoms. The molecule has 0 saturated heterocycles. The van der Waals surface area contributed by atoms with Gasteiger partial charge >= 0.3 is 0 Å². The van der Waals surface area contributed by atoms with Gasteiger partial charge in [-0.2, -0.15) is 0 Å². The first-order valence-electron chi connectivity index (χ1n) is 49.6. The Morgan fingerprint density at radius 3 is 1.10 bits per heavy atom. The van der Waals surface area contributed by atoms with Crippen LogP contribution in [-0.4, -0.2) is 0 Å². The average molecular weight is 1010 g/mol. The van der Waals surface area contributed by atoms with Gasteiger partial charge in [0.1, 0.15) is 0 Å². The third-order valence-corrected chi connectivity index (χ3v) is 14.1. The molecule has 0 amide bonds. The Balaban J connectivity index is -0.000000587. The summed E-state index contributed by atoms with van der Waals surface area (Å²) in [7, 11) is 0. The van der Waals surface area contributed by atoms with Crippen molar-refractivity contribution in [2.45, 2.75) is 346 Å². The van der Waals surface area contributed by atoms with Gasteiger partial charge in [0.25, 0.3) is 0 Å². The molecule has 68 heavy (non-hydrogen) atoms. The van der Waals surface area contributed by atoms with E-state index in [1.54, 1.807) is 71.6 Å². The van der Waals surface area contributed by atoms with Crippen LogP contribution in [0.3, 0.4) is 0 Å². The molecule has 6 bridgehead atoms.